The second-order valence-corrected chi connectivity index (χ2v) is 10.3. The van der Waals surface area contributed by atoms with Crippen molar-refractivity contribution in [1.82, 2.24) is 9.88 Å². The lowest BCUT2D eigenvalue weighted by molar-refractivity contribution is 0.0109. The summed E-state index contributed by atoms with van der Waals surface area (Å²) in [5.41, 5.74) is 4.35. The highest BCUT2D eigenvalue weighted by Gasteiger charge is 2.29. The third-order valence-corrected chi connectivity index (χ3v) is 7.45. The summed E-state index contributed by atoms with van der Waals surface area (Å²) in [5.74, 6) is 5.77. The summed E-state index contributed by atoms with van der Waals surface area (Å²) in [6.07, 6.45) is 2.22. The molecular weight excluding hydrogens is 572 g/mol. The van der Waals surface area contributed by atoms with Crippen LogP contribution in [0.4, 0.5) is 5.69 Å². The fourth-order valence-electron chi connectivity index (χ4n) is 5.29. The number of carbonyl (C=O) groups is 1. The van der Waals surface area contributed by atoms with Gasteiger partial charge in [-0.15, -0.1) is 11.6 Å². The first-order chi connectivity index (χ1) is 21.0. The fraction of sp³-hybridized carbons (Fsp3) is 0.406. The molecule has 0 aliphatic carbocycles. The van der Waals surface area contributed by atoms with Gasteiger partial charge in [-0.1, -0.05) is 18.2 Å². The number of rotatable bonds is 14. The van der Waals surface area contributed by atoms with E-state index >= 15 is 0 Å². The maximum atomic E-state index is 13.6. The molecule has 0 unspecified atom stereocenters. The van der Waals surface area contributed by atoms with Gasteiger partial charge in [-0.3, -0.25) is 4.79 Å². The Bertz CT molecular complexity index is 1510. The van der Waals surface area contributed by atoms with Crippen LogP contribution in [0.15, 0.2) is 48.5 Å². The van der Waals surface area contributed by atoms with Crippen molar-refractivity contribution in [2.75, 3.05) is 77.6 Å². The second kappa shape index (κ2) is 15.9. The molecule has 0 bridgehead atoms. The van der Waals surface area contributed by atoms with E-state index in [4.69, 9.17) is 20.1 Å². The maximum absolute atomic E-state index is 13.6. The molecule has 4 N–H and O–H groups in total. The number of fused-ring (bicyclic) bond motifs is 4. The van der Waals surface area contributed by atoms with Gasteiger partial charge in [0.2, 0.25) is 0 Å². The number of aromatic nitrogens is 1. The highest BCUT2D eigenvalue weighted by molar-refractivity contribution is 6.15. The molecule has 5 rings (SSSR count). The first-order valence-electron chi connectivity index (χ1n) is 14.3. The average Bonchev–Trinajstić information content (AvgIpc) is 3.63. The number of aromatic hydroxyl groups is 1. The standard InChI is InChI=1S/C31H38N4O6.CH3Cl/c1-21-4-3-5-25-29(36)20-28-24(30(21)25)8-9-35(28)31(37)27-19-22-18-23(6-7-26(22)33-27)40-13-11-34(2)10-12-38-14-15-39-16-17-41-32;1-2/h3-7,18-20,33,36H,8-17,32H2,1-2H3;1H3. The van der Waals surface area contributed by atoms with Crippen LogP contribution in [-0.2, 0) is 20.7 Å². The summed E-state index contributed by atoms with van der Waals surface area (Å²) in [6.45, 7) is 7.14. The van der Waals surface area contributed by atoms with Gasteiger partial charge in [0.1, 0.15) is 23.8 Å². The number of aromatic amines is 1. The number of aryl methyl sites for hydroxylation is 1. The minimum Gasteiger partial charge on any atom is -0.507 e. The number of nitrogens with two attached hydrogens (primary N) is 1. The van der Waals surface area contributed by atoms with Crippen molar-refractivity contribution in [2.45, 2.75) is 13.3 Å². The van der Waals surface area contributed by atoms with Crippen LogP contribution in [0.25, 0.3) is 21.7 Å². The largest absolute Gasteiger partial charge is 0.507 e. The predicted octanol–water partition coefficient (Wildman–Crippen LogP) is 4.63. The molecule has 4 aromatic rings. The van der Waals surface area contributed by atoms with Gasteiger partial charge in [0, 0.05) is 48.4 Å². The van der Waals surface area contributed by atoms with E-state index in [0.29, 0.717) is 51.9 Å². The van der Waals surface area contributed by atoms with Crippen LogP contribution < -0.4 is 15.5 Å². The Morgan fingerprint density at radius 2 is 1.77 bits per heavy atom. The van der Waals surface area contributed by atoms with Gasteiger partial charge in [0.15, 0.2) is 0 Å². The molecule has 1 aliphatic heterocycles. The molecule has 0 fully saturated rings. The highest BCUT2D eigenvalue weighted by Crippen LogP contribution is 2.41. The number of likely N-dealkylation sites (N-methyl/N-ethyl adjacent to an activating group) is 1. The first kappa shape index (κ1) is 32.5. The van der Waals surface area contributed by atoms with E-state index in [1.807, 2.05) is 56.4 Å². The number of H-pyrrole nitrogens is 1. The number of alkyl halides is 1. The number of amides is 1. The molecule has 3 aromatic carbocycles. The van der Waals surface area contributed by atoms with Crippen LogP contribution in [0.5, 0.6) is 11.5 Å². The van der Waals surface area contributed by atoms with Gasteiger partial charge >= 0.3 is 0 Å². The molecule has 0 radical (unpaired) electrons. The van der Waals surface area contributed by atoms with Crippen molar-refractivity contribution in [3.63, 3.8) is 0 Å². The van der Waals surface area contributed by atoms with E-state index in [9.17, 15) is 9.90 Å². The molecule has 2 heterocycles. The Morgan fingerprint density at radius 1 is 1.02 bits per heavy atom. The summed E-state index contributed by atoms with van der Waals surface area (Å²) in [5, 5.41) is 13.5. The molecule has 0 atom stereocenters. The van der Waals surface area contributed by atoms with E-state index < -0.39 is 0 Å². The van der Waals surface area contributed by atoms with E-state index in [0.717, 1.165) is 63.7 Å². The van der Waals surface area contributed by atoms with Crippen molar-refractivity contribution in [3.8, 4) is 11.5 Å². The Labute approximate surface area is 257 Å². The lowest BCUT2D eigenvalue weighted by Crippen LogP contribution is -2.29. The number of ether oxygens (including phenoxy) is 3. The number of carbonyl (C=O) groups excluding carboxylic acids is 1. The fourth-order valence-corrected chi connectivity index (χ4v) is 5.29. The van der Waals surface area contributed by atoms with Crippen molar-refractivity contribution in [3.05, 3.63) is 65.4 Å². The summed E-state index contributed by atoms with van der Waals surface area (Å²) in [7, 11) is 2.02. The SMILES string of the molecule is CCl.Cc1cccc2c(O)cc3c(c12)CCN3C(=O)c1cc2cc(OCCN(C)CCOCCOCCON)ccc2[nH]1. The molecule has 232 valence electrons. The smallest absolute Gasteiger partial charge is 0.274 e. The predicted molar refractivity (Wildman–Crippen MR) is 171 cm³/mol. The Balaban J connectivity index is 0.00000207. The summed E-state index contributed by atoms with van der Waals surface area (Å²) < 4.78 is 16.9. The number of benzene rings is 3. The normalized spacial score (nSPS) is 12.6. The van der Waals surface area contributed by atoms with Gasteiger partial charge in [0.05, 0.1) is 38.7 Å². The van der Waals surface area contributed by atoms with Crippen LogP contribution in [0.2, 0.25) is 0 Å². The number of phenolic OH excluding ortho intramolecular Hbond substituents is 1. The van der Waals surface area contributed by atoms with Gasteiger partial charge < -0.3 is 38.9 Å². The Kier molecular flexibility index (Phi) is 12.0. The van der Waals surface area contributed by atoms with Crippen molar-refractivity contribution in [2.24, 2.45) is 5.90 Å². The molecule has 1 aliphatic rings. The van der Waals surface area contributed by atoms with E-state index in [2.05, 4.69) is 26.3 Å². The topological polar surface area (TPSA) is 123 Å². The highest BCUT2D eigenvalue weighted by atomic mass is 35.5. The van der Waals surface area contributed by atoms with E-state index in [1.54, 1.807) is 11.0 Å². The van der Waals surface area contributed by atoms with Crippen LogP contribution in [0.1, 0.15) is 21.6 Å². The van der Waals surface area contributed by atoms with Gasteiger partial charge in [-0.2, -0.15) is 0 Å². The lowest BCUT2D eigenvalue weighted by Gasteiger charge is -2.18. The summed E-state index contributed by atoms with van der Waals surface area (Å²) in [4.78, 5) is 25.2. The van der Waals surface area contributed by atoms with Crippen LogP contribution in [-0.4, -0.2) is 93.6 Å². The monoisotopic (exact) mass is 612 g/mol. The number of anilines is 1. The average molecular weight is 613 g/mol. The number of nitrogens with one attached hydrogen (secondary N) is 1. The van der Waals surface area contributed by atoms with Gasteiger partial charge in [0.25, 0.3) is 5.91 Å². The molecule has 1 amide bonds. The van der Waals surface area contributed by atoms with Crippen LogP contribution in [0, 0.1) is 6.92 Å². The molecule has 0 saturated carbocycles. The number of hydrogen-bond acceptors (Lipinski definition) is 8. The number of nitrogens with zero attached hydrogens (tertiary/aromatic N) is 2. The summed E-state index contributed by atoms with van der Waals surface area (Å²) >= 11 is 4.64. The molecule has 43 heavy (non-hydrogen) atoms. The van der Waals surface area contributed by atoms with Crippen LogP contribution >= 0.6 is 11.6 Å². The molecule has 10 nitrogen and oxygen atoms in total. The van der Waals surface area contributed by atoms with Gasteiger partial charge in [-0.25, -0.2) is 5.90 Å². The molecule has 0 saturated heterocycles. The summed E-state index contributed by atoms with van der Waals surface area (Å²) in [6, 6.07) is 15.3. The number of phenols is 1. The van der Waals surface area contributed by atoms with Crippen molar-refractivity contribution < 1.29 is 28.9 Å². The molecule has 11 heteroatoms. The minimum absolute atomic E-state index is 0.116. The molecule has 1 aromatic heterocycles. The zero-order chi connectivity index (χ0) is 30.8. The zero-order valence-electron chi connectivity index (χ0n) is 25.0. The zero-order valence-corrected chi connectivity index (χ0v) is 25.8. The third kappa shape index (κ3) is 7.97. The second-order valence-electron chi connectivity index (χ2n) is 10.3. The number of halogens is 1. The molecule has 0 spiro atoms. The van der Waals surface area contributed by atoms with Crippen molar-refractivity contribution >= 4 is 44.9 Å². The van der Waals surface area contributed by atoms with Crippen molar-refractivity contribution in [1.29, 1.82) is 0 Å². The Hall–Kier alpha value is -3.38. The van der Waals surface area contributed by atoms with Crippen LogP contribution in [0.3, 0.4) is 0 Å². The Morgan fingerprint density at radius 3 is 2.56 bits per heavy atom. The maximum Gasteiger partial charge on any atom is 0.274 e. The lowest BCUT2D eigenvalue weighted by atomic mass is 9.97. The quantitative estimate of drug-likeness (QED) is 0.107. The third-order valence-electron chi connectivity index (χ3n) is 7.45. The minimum atomic E-state index is -0.116. The number of hydrogen-bond donors (Lipinski definition) is 3. The molecular formula is C32H41ClN4O6. The van der Waals surface area contributed by atoms with E-state index in [1.165, 1.54) is 6.38 Å². The first-order valence-corrected chi connectivity index (χ1v) is 15.1. The van der Waals surface area contributed by atoms with E-state index in [-0.39, 0.29) is 11.7 Å². The van der Waals surface area contributed by atoms with Gasteiger partial charge in [-0.05, 0) is 61.2 Å².